The largest absolute Gasteiger partial charge is 0.493 e. The van der Waals surface area contributed by atoms with Gasteiger partial charge in [0.25, 0.3) is 0 Å². The van der Waals surface area contributed by atoms with Gasteiger partial charge in [0.05, 0.1) is 22.9 Å². The van der Waals surface area contributed by atoms with E-state index in [1.165, 1.54) is 11.3 Å². The number of methoxy groups -OCH3 is 1. The highest BCUT2D eigenvalue weighted by Gasteiger charge is 2.10. The fraction of sp³-hybridized carbons (Fsp3) is 0.0833. The molecule has 1 heterocycles. The lowest BCUT2D eigenvalue weighted by Gasteiger charge is -2.12. The Morgan fingerprint density at radius 2 is 1.90 bits per heavy atom. The second kappa shape index (κ2) is 9.00. The highest BCUT2D eigenvalue weighted by molar-refractivity contribution is 7.19. The number of nitriles is 1. The number of benzene rings is 3. The third kappa shape index (κ3) is 4.46. The van der Waals surface area contributed by atoms with Gasteiger partial charge >= 0.3 is 0 Å². The van der Waals surface area contributed by atoms with Crippen molar-refractivity contribution in [1.29, 1.82) is 5.26 Å². The molecule has 0 spiro atoms. The van der Waals surface area contributed by atoms with Crippen LogP contribution in [0.4, 0.5) is 0 Å². The van der Waals surface area contributed by atoms with Gasteiger partial charge in [-0.2, -0.15) is 5.26 Å². The van der Waals surface area contributed by atoms with Crippen LogP contribution in [0.2, 0.25) is 5.02 Å². The van der Waals surface area contributed by atoms with E-state index in [4.69, 9.17) is 21.1 Å². The van der Waals surface area contributed by atoms with Gasteiger partial charge in [0, 0.05) is 5.02 Å². The fourth-order valence-corrected chi connectivity index (χ4v) is 3.99. The number of hydrogen-bond acceptors (Lipinski definition) is 5. The summed E-state index contributed by atoms with van der Waals surface area (Å²) in [4.78, 5) is 4.58. The second-order valence-electron chi connectivity index (χ2n) is 6.48. The molecular formula is C24H17ClN2O2S. The van der Waals surface area contributed by atoms with Crippen LogP contribution < -0.4 is 9.47 Å². The molecule has 4 aromatic rings. The summed E-state index contributed by atoms with van der Waals surface area (Å²) in [5, 5.41) is 11.1. The molecule has 0 N–H and O–H groups in total. The number of halogens is 1. The molecule has 0 aliphatic rings. The molecule has 0 saturated carbocycles. The third-order valence-electron chi connectivity index (χ3n) is 4.45. The average Bonchev–Trinajstić information content (AvgIpc) is 3.21. The van der Waals surface area contributed by atoms with Crippen LogP contribution in [0.25, 0.3) is 21.9 Å². The molecule has 3 aromatic carbocycles. The maximum absolute atomic E-state index is 9.69. The molecule has 0 bridgehead atoms. The molecule has 1 aromatic heterocycles. The van der Waals surface area contributed by atoms with Gasteiger partial charge in [-0.1, -0.05) is 41.9 Å². The Labute approximate surface area is 183 Å². The van der Waals surface area contributed by atoms with Crippen LogP contribution >= 0.6 is 22.9 Å². The van der Waals surface area contributed by atoms with Gasteiger partial charge in [0.15, 0.2) is 11.5 Å². The van der Waals surface area contributed by atoms with Crippen molar-refractivity contribution in [3.63, 3.8) is 0 Å². The standard InChI is InChI=1S/C24H17ClN2O2S/c1-28-21-11-8-17(13-22(21)29-15-16-6-9-19(25)10-7-16)12-18(14-26)24-27-20-4-2-3-5-23(20)30-24/h2-13H,15H2,1H3/b18-12+. The second-order valence-corrected chi connectivity index (χ2v) is 7.95. The van der Waals surface area contributed by atoms with Crippen molar-refractivity contribution in [3.8, 4) is 17.6 Å². The van der Waals surface area contributed by atoms with E-state index in [0.717, 1.165) is 21.3 Å². The SMILES string of the molecule is COc1ccc(/C=C(\C#N)c2nc3ccccc3s2)cc1OCc1ccc(Cl)cc1. The number of thiazole rings is 1. The van der Waals surface area contributed by atoms with E-state index < -0.39 is 0 Å². The van der Waals surface area contributed by atoms with E-state index in [2.05, 4.69) is 11.1 Å². The molecule has 0 radical (unpaired) electrons. The molecule has 4 nitrogen and oxygen atoms in total. The minimum atomic E-state index is 0.379. The van der Waals surface area contributed by atoms with Crippen molar-refractivity contribution >= 4 is 44.8 Å². The lowest BCUT2D eigenvalue weighted by molar-refractivity contribution is 0.284. The zero-order valence-corrected chi connectivity index (χ0v) is 17.7. The summed E-state index contributed by atoms with van der Waals surface area (Å²) < 4.78 is 12.4. The molecule has 0 atom stereocenters. The Morgan fingerprint density at radius 1 is 1.10 bits per heavy atom. The Morgan fingerprint density at radius 3 is 2.63 bits per heavy atom. The van der Waals surface area contributed by atoms with E-state index in [1.54, 1.807) is 7.11 Å². The number of rotatable bonds is 6. The van der Waals surface area contributed by atoms with Crippen molar-refractivity contribution in [1.82, 2.24) is 4.98 Å². The summed E-state index contributed by atoms with van der Waals surface area (Å²) in [6.07, 6.45) is 1.81. The minimum absolute atomic E-state index is 0.379. The van der Waals surface area contributed by atoms with Crippen LogP contribution in [0, 0.1) is 11.3 Å². The van der Waals surface area contributed by atoms with E-state index in [0.29, 0.717) is 33.7 Å². The van der Waals surface area contributed by atoms with Gasteiger partial charge in [-0.25, -0.2) is 4.98 Å². The van der Waals surface area contributed by atoms with Gasteiger partial charge in [-0.3, -0.25) is 0 Å². The Hall–Kier alpha value is -3.33. The van der Waals surface area contributed by atoms with E-state index in [9.17, 15) is 5.26 Å². The van der Waals surface area contributed by atoms with Crippen molar-refractivity contribution in [3.05, 3.63) is 87.9 Å². The maximum Gasteiger partial charge on any atom is 0.162 e. The monoisotopic (exact) mass is 432 g/mol. The summed E-state index contributed by atoms with van der Waals surface area (Å²) >= 11 is 7.44. The predicted octanol–water partition coefficient (Wildman–Crippen LogP) is 6.60. The minimum Gasteiger partial charge on any atom is -0.493 e. The zero-order chi connectivity index (χ0) is 20.9. The molecule has 6 heteroatoms. The Balaban J connectivity index is 1.62. The van der Waals surface area contributed by atoms with Gasteiger partial charge in [-0.15, -0.1) is 11.3 Å². The molecule has 0 amide bonds. The van der Waals surface area contributed by atoms with Gasteiger partial charge in [-0.05, 0) is 53.6 Å². The van der Waals surface area contributed by atoms with Crippen molar-refractivity contribution in [2.45, 2.75) is 6.61 Å². The molecule has 0 unspecified atom stereocenters. The third-order valence-corrected chi connectivity index (χ3v) is 5.77. The predicted molar refractivity (Wildman–Crippen MR) is 122 cm³/mol. The first-order valence-corrected chi connectivity index (χ1v) is 10.4. The molecule has 4 rings (SSSR count). The zero-order valence-electron chi connectivity index (χ0n) is 16.1. The first kappa shape index (κ1) is 20.0. The van der Waals surface area contributed by atoms with E-state index in [-0.39, 0.29) is 0 Å². The van der Waals surface area contributed by atoms with Crippen molar-refractivity contribution in [2.75, 3.05) is 7.11 Å². The van der Waals surface area contributed by atoms with Crippen LogP contribution in [0.5, 0.6) is 11.5 Å². The van der Waals surface area contributed by atoms with Crippen molar-refractivity contribution < 1.29 is 9.47 Å². The van der Waals surface area contributed by atoms with E-state index in [1.807, 2.05) is 72.8 Å². The van der Waals surface area contributed by atoms with E-state index >= 15 is 0 Å². The number of fused-ring (bicyclic) bond motifs is 1. The van der Waals surface area contributed by atoms with Gasteiger partial charge in [0.1, 0.15) is 17.7 Å². The molecular weight excluding hydrogens is 416 g/mol. The quantitative estimate of drug-likeness (QED) is 0.322. The smallest absolute Gasteiger partial charge is 0.162 e. The average molecular weight is 433 g/mol. The summed E-state index contributed by atoms with van der Waals surface area (Å²) in [7, 11) is 1.60. The Kier molecular flexibility index (Phi) is 5.99. The fourth-order valence-electron chi connectivity index (χ4n) is 2.93. The number of hydrogen-bond donors (Lipinski definition) is 0. The topological polar surface area (TPSA) is 55.1 Å². The maximum atomic E-state index is 9.69. The molecule has 148 valence electrons. The van der Waals surface area contributed by atoms with Crippen LogP contribution in [-0.2, 0) is 6.61 Å². The summed E-state index contributed by atoms with van der Waals surface area (Å²) in [5.74, 6) is 1.22. The molecule has 0 aliphatic carbocycles. The van der Waals surface area contributed by atoms with Gasteiger partial charge in [0.2, 0.25) is 0 Å². The van der Waals surface area contributed by atoms with Crippen LogP contribution in [0.1, 0.15) is 16.1 Å². The highest BCUT2D eigenvalue weighted by Crippen LogP contribution is 2.32. The number of para-hydroxylation sites is 1. The summed E-state index contributed by atoms with van der Waals surface area (Å²) in [6.45, 7) is 0.379. The highest BCUT2D eigenvalue weighted by atomic mass is 35.5. The summed E-state index contributed by atoms with van der Waals surface area (Å²) in [6, 6.07) is 23.2. The molecule has 0 saturated heterocycles. The first-order chi connectivity index (χ1) is 14.7. The van der Waals surface area contributed by atoms with Crippen LogP contribution in [-0.4, -0.2) is 12.1 Å². The number of allylic oxidation sites excluding steroid dienone is 1. The molecule has 0 fully saturated rings. The molecule has 30 heavy (non-hydrogen) atoms. The summed E-state index contributed by atoms with van der Waals surface area (Å²) in [5.41, 5.74) is 3.22. The number of aromatic nitrogens is 1. The first-order valence-electron chi connectivity index (χ1n) is 9.19. The number of nitrogens with zero attached hydrogens (tertiary/aromatic N) is 2. The number of ether oxygens (including phenoxy) is 2. The molecule has 0 aliphatic heterocycles. The van der Waals surface area contributed by atoms with Crippen LogP contribution in [0.3, 0.4) is 0 Å². The van der Waals surface area contributed by atoms with Crippen LogP contribution in [0.15, 0.2) is 66.7 Å². The normalized spacial score (nSPS) is 11.3. The van der Waals surface area contributed by atoms with Gasteiger partial charge < -0.3 is 9.47 Å². The van der Waals surface area contributed by atoms with Crippen molar-refractivity contribution in [2.24, 2.45) is 0 Å². The lowest BCUT2D eigenvalue weighted by Crippen LogP contribution is -1.98. The Bertz CT molecular complexity index is 1220. The lowest BCUT2D eigenvalue weighted by atomic mass is 10.1.